The minimum Gasteiger partial charge on any atom is -0.462 e. The number of hydrogen-bond acceptors (Lipinski definition) is 15. The second kappa shape index (κ2) is 64.7. The molecule has 17 nitrogen and oxygen atoms in total. The fraction of sp³-hybridized carbons (Fsp3) is 0.946. The molecule has 0 amide bonds. The Labute approximate surface area is 568 Å². The average molecular weight is 1370 g/mol. The fourth-order valence-corrected chi connectivity index (χ4v) is 12.8. The van der Waals surface area contributed by atoms with Crippen molar-refractivity contribution in [2.45, 2.75) is 394 Å². The Bertz CT molecular complexity index is 1820. The summed E-state index contributed by atoms with van der Waals surface area (Å²) in [5.41, 5.74) is 0. The summed E-state index contributed by atoms with van der Waals surface area (Å²) >= 11 is 0. The molecule has 0 fully saturated rings. The minimum absolute atomic E-state index is 0.104. The second-order valence-electron chi connectivity index (χ2n) is 27.9. The van der Waals surface area contributed by atoms with Crippen molar-refractivity contribution >= 4 is 39.5 Å². The van der Waals surface area contributed by atoms with Crippen LogP contribution in [0.15, 0.2) is 0 Å². The zero-order valence-corrected chi connectivity index (χ0v) is 62.5. The van der Waals surface area contributed by atoms with Gasteiger partial charge in [-0.25, -0.2) is 9.13 Å². The molecule has 0 spiro atoms. The largest absolute Gasteiger partial charge is 0.472 e. The van der Waals surface area contributed by atoms with E-state index in [0.29, 0.717) is 31.6 Å². The first-order chi connectivity index (χ1) is 44.8. The third-order valence-corrected chi connectivity index (χ3v) is 19.4. The molecule has 0 saturated carbocycles. The number of phosphoric acid groups is 2. The van der Waals surface area contributed by atoms with Crippen molar-refractivity contribution in [3.05, 3.63) is 0 Å². The lowest BCUT2D eigenvalue weighted by Gasteiger charge is -2.21. The van der Waals surface area contributed by atoms with Crippen LogP contribution in [0.25, 0.3) is 0 Å². The smallest absolute Gasteiger partial charge is 0.462 e. The predicted molar refractivity (Wildman–Crippen MR) is 377 cm³/mol. The number of aliphatic hydroxyl groups excluding tert-OH is 1. The first-order valence-corrected chi connectivity index (χ1v) is 41.4. The van der Waals surface area contributed by atoms with E-state index in [9.17, 15) is 43.2 Å². The molecular formula is C74H144O17P2. The van der Waals surface area contributed by atoms with Crippen molar-refractivity contribution in [2.75, 3.05) is 39.6 Å². The molecule has 0 radical (unpaired) electrons. The molecule has 0 heterocycles. The van der Waals surface area contributed by atoms with Crippen LogP contribution >= 0.6 is 15.6 Å². The summed E-state index contributed by atoms with van der Waals surface area (Å²) in [5, 5.41) is 10.6. The van der Waals surface area contributed by atoms with Crippen molar-refractivity contribution < 1.29 is 80.2 Å². The number of hydrogen-bond donors (Lipinski definition) is 3. The zero-order chi connectivity index (χ0) is 68.7. The van der Waals surface area contributed by atoms with Crippen LogP contribution in [0, 0.1) is 17.8 Å². The van der Waals surface area contributed by atoms with E-state index >= 15 is 0 Å². The monoisotopic (exact) mass is 1370 g/mol. The summed E-state index contributed by atoms with van der Waals surface area (Å²) in [5.74, 6) is 0.107. The van der Waals surface area contributed by atoms with Crippen molar-refractivity contribution in [3.63, 3.8) is 0 Å². The number of carbonyl (C=O) groups excluding carboxylic acids is 4. The molecule has 0 saturated heterocycles. The van der Waals surface area contributed by atoms with Gasteiger partial charge in [0, 0.05) is 25.7 Å². The second-order valence-corrected chi connectivity index (χ2v) is 30.8. The van der Waals surface area contributed by atoms with Gasteiger partial charge in [0.05, 0.1) is 26.4 Å². The van der Waals surface area contributed by atoms with Gasteiger partial charge in [0.15, 0.2) is 12.2 Å². The molecule has 0 aromatic heterocycles. The van der Waals surface area contributed by atoms with E-state index in [1.807, 2.05) is 0 Å². The lowest BCUT2D eigenvalue weighted by molar-refractivity contribution is -0.161. The molecule has 0 aromatic carbocycles. The summed E-state index contributed by atoms with van der Waals surface area (Å²) < 4.78 is 68.4. The molecule has 552 valence electrons. The SMILES string of the molecule is CCCCCCCCCCCCCCCCCCCC(=O)O[C@H](COC(=O)CCCCCCCCCCCCCCC(C)C)COP(=O)(O)OC[C@@H](O)COP(=O)(O)OC[C@@H](COC(=O)CCCCCCCCC(C)C)OC(=O)CCCCCCCCCCC(C)CC. The van der Waals surface area contributed by atoms with E-state index in [-0.39, 0.29) is 25.7 Å². The van der Waals surface area contributed by atoms with Crippen LogP contribution in [0.4, 0.5) is 0 Å². The van der Waals surface area contributed by atoms with Crippen molar-refractivity contribution in [2.24, 2.45) is 17.8 Å². The van der Waals surface area contributed by atoms with Crippen LogP contribution in [0.3, 0.4) is 0 Å². The number of carbonyl (C=O) groups is 4. The van der Waals surface area contributed by atoms with Gasteiger partial charge >= 0.3 is 39.5 Å². The van der Waals surface area contributed by atoms with Gasteiger partial charge in [-0.15, -0.1) is 0 Å². The normalized spacial score (nSPS) is 14.4. The summed E-state index contributed by atoms with van der Waals surface area (Å²) in [4.78, 5) is 72.7. The van der Waals surface area contributed by atoms with E-state index in [1.165, 1.54) is 180 Å². The number of esters is 4. The zero-order valence-electron chi connectivity index (χ0n) is 60.7. The summed E-state index contributed by atoms with van der Waals surface area (Å²) in [6.07, 6.45) is 50.1. The van der Waals surface area contributed by atoms with Gasteiger partial charge in [-0.1, -0.05) is 325 Å². The van der Waals surface area contributed by atoms with Crippen molar-refractivity contribution in [1.82, 2.24) is 0 Å². The molecular weight excluding hydrogens is 1220 g/mol. The summed E-state index contributed by atoms with van der Waals surface area (Å²) in [7, 11) is -9.91. The molecule has 0 aliphatic carbocycles. The van der Waals surface area contributed by atoms with Crippen LogP contribution in [0.5, 0.6) is 0 Å². The average Bonchev–Trinajstić information content (AvgIpc) is 3.65. The molecule has 0 aromatic rings. The molecule has 0 aliphatic rings. The highest BCUT2D eigenvalue weighted by Gasteiger charge is 2.30. The lowest BCUT2D eigenvalue weighted by atomic mass is 9.99. The Morgan fingerprint density at radius 1 is 0.312 bits per heavy atom. The quantitative estimate of drug-likeness (QED) is 0.0222. The van der Waals surface area contributed by atoms with E-state index in [4.69, 9.17) is 37.0 Å². The maximum atomic E-state index is 13.1. The van der Waals surface area contributed by atoms with Crippen LogP contribution in [0.1, 0.15) is 376 Å². The Morgan fingerprint density at radius 3 is 0.817 bits per heavy atom. The third kappa shape index (κ3) is 67.0. The molecule has 6 atom stereocenters. The van der Waals surface area contributed by atoms with Gasteiger partial charge < -0.3 is 33.8 Å². The topological polar surface area (TPSA) is 237 Å². The van der Waals surface area contributed by atoms with Crippen molar-refractivity contribution in [1.29, 1.82) is 0 Å². The highest BCUT2D eigenvalue weighted by Crippen LogP contribution is 2.45. The molecule has 3 unspecified atom stereocenters. The van der Waals surface area contributed by atoms with Crippen LogP contribution in [-0.2, 0) is 65.4 Å². The van der Waals surface area contributed by atoms with E-state index in [2.05, 4.69) is 48.5 Å². The first-order valence-electron chi connectivity index (χ1n) is 38.4. The highest BCUT2D eigenvalue weighted by atomic mass is 31.2. The molecule has 0 rings (SSSR count). The maximum absolute atomic E-state index is 13.1. The fourth-order valence-electron chi connectivity index (χ4n) is 11.2. The number of ether oxygens (including phenoxy) is 4. The lowest BCUT2D eigenvalue weighted by Crippen LogP contribution is -2.30. The summed E-state index contributed by atoms with van der Waals surface area (Å²) in [6, 6.07) is 0. The van der Waals surface area contributed by atoms with Crippen molar-refractivity contribution in [3.8, 4) is 0 Å². The Morgan fingerprint density at radius 2 is 0.548 bits per heavy atom. The Kier molecular flexibility index (Phi) is 63.4. The number of phosphoric ester groups is 2. The molecule has 3 N–H and O–H groups in total. The standard InChI is InChI=1S/C74H144O17P2/c1-8-10-11-12-13-14-15-16-17-18-19-20-25-28-34-43-50-57-73(78)90-69(61-84-71(76)55-48-41-33-27-24-22-21-23-26-31-38-45-52-65(3)4)63-88-92(80,81)86-59-68(75)60-87-93(82,83)89-64-70(62-85-72(77)56-49-42-37-36-39-46-53-66(5)6)91-74(79)58-51-44-35-30-29-32-40-47-54-67(7)9-2/h65-70,75H,8-64H2,1-7H3,(H,80,81)(H,82,83)/t67?,68-,69-,70-/m1/s1. The van der Waals surface area contributed by atoms with Gasteiger partial charge in [0.2, 0.25) is 0 Å². The third-order valence-electron chi connectivity index (χ3n) is 17.5. The van der Waals surface area contributed by atoms with Gasteiger partial charge in [-0.2, -0.15) is 0 Å². The number of rotatable bonds is 72. The van der Waals surface area contributed by atoms with E-state index < -0.39 is 97.5 Å². The first kappa shape index (κ1) is 91.1. The highest BCUT2D eigenvalue weighted by molar-refractivity contribution is 7.47. The van der Waals surface area contributed by atoms with E-state index in [1.54, 1.807) is 0 Å². The molecule has 0 aliphatic heterocycles. The molecule has 19 heteroatoms. The van der Waals surface area contributed by atoms with Crippen LogP contribution in [-0.4, -0.2) is 96.7 Å². The number of unbranched alkanes of at least 4 members (excludes halogenated alkanes) is 39. The van der Waals surface area contributed by atoms with Gasteiger partial charge in [-0.05, 0) is 43.4 Å². The predicted octanol–water partition coefficient (Wildman–Crippen LogP) is 21.4. The Hall–Kier alpha value is -1.94. The Balaban J connectivity index is 5.24. The van der Waals surface area contributed by atoms with Crippen LogP contribution in [0.2, 0.25) is 0 Å². The minimum atomic E-state index is -4.96. The van der Waals surface area contributed by atoms with Gasteiger partial charge in [0.1, 0.15) is 19.3 Å². The van der Waals surface area contributed by atoms with E-state index in [0.717, 1.165) is 108 Å². The summed E-state index contributed by atoms with van der Waals surface area (Å²) in [6.45, 7) is 11.8. The van der Waals surface area contributed by atoms with Gasteiger partial charge in [0.25, 0.3) is 0 Å². The molecule has 0 bridgehead atoms. The van der Waals surface area contributed by atoms with Crippen LogP contribution < -0.4 is 0 Å². The maximum Gasteiger partial charge on any atom is 0.472 e. The van der Waals surface area contributed by atoms with Gasteiger partial charge in [-0.3, -0.25) is 37.3 Å². The number of aliphatic hydroxyl groups is 1. The molecule has 93 heavy (non-hydrogen) atoms.